The molecule has 1 aromatic carbocycles. The van der Waals surface area contributed by atoms with Crippen LogP contribution in [0.15, 0.2) is 24.3 Å². The van der Waals surface area contributed by atoms with E-state index in [2.05, 4.69) is 10.6 Å². The maximum absolute atomic E-state index is 11.9. The van der Waals surface area contributed by atoms with Crippen LogP contribution in [0, 0.1) is 6.92 Å². The summed E-state index contributed by atoms with van der Waals surface area (Å²) >= 11 is 0. The number of aryl methyl sites for hydroxylation is 1. The lowest BCUT2D eigenvalue weighted by Gasteiger charge is -2.21. The molecule has 5 heteroatoms. The van der Waals surface area contributed by atoms with Crippen LogP contribution in [0.5, 0.6) is 5.75 Å². The van der Waals surface area contributed by atoms with Gasteiger partial charge in [-0.25, -0.2) is 0 Å². The molecule has 0 aliphatic rings. The fraction of sp³-hybridized carbons (Fsp3) is 0.500. The summed E-state index contributed by atoms with van der Waals surface area (Å²) < 4.78 is 5.52. The van der Waals surface area contributed by atoms with E-state index in [1.165, 1.54) is 0 Å². The Bertz CT molecular complexity index is 489. The molecule has 5 nitrogen and oxygen atoms in total. The van der Waals surface area contributed by atoms with E-state index < -0.39 is 6.10 Å². The van der Waals surface area contributed by atoms with Gasteiger partial charge in [-0.2, -0.15) is 0 Å². The van der Waals surface area contributed by atoms with E-state index in [1.807, 2.05) is 52.0 Å². The highest BCUT2D eigenvalue weighted by Gasteiger charge is 2.17. The summed E-state index contributed by atoms with van der Waals surface area (Å²) in [6.45, 7) is 9.23. The molecule has 2 N–H and O–H groups in total. The van der Waals surface area contributed by atoms with Crippen LogP contribution in [0.25, 0.3) is 0 Å². The third kappa shape index (κ3) is 6.79. The van der Waals surface area contributed by atoms with Gasteiger partial charge in [0.25, 0.3) is 5.91 Å². The van der Waals surface area contributed by atoms with Crippen LogP contribution in [-0.2, 0) is 9.59 Å². The van der Waals surface area contributed by atoms with Crippen molar-refractivity contribution in [3.8, 4) is 5.75 Å². The van der Waals surface area contributed by atoms with E-state index in [-0.39, 0.29) is 23.9 Å². The Balaban J connectivity index is 2.41. The lowest BCUT2D eigenvalue weighted by Crippen LogP contribution is -2.47. The lowest BCUT2D eigenvalue weighted by molar-refractivity contribution is -0.130. The van der Waals surface area contributed by atoms with E-state index in [1.54, 1.807) is 6.92 Å². The Morgan fingerprint density at radius 1 is 1.19 bits per heavy atom. The Kier molecular flexibility index (Phi) is 5.76. The van der Waals surface area contributed by atoms with E-state index in [0.717, 1.165) is 5.56 Å². The highest BCUT2D eigenvalue weighted by atomic mass is 16.5. The molecule has 0 saturated heterocycles. The van der Waals surface area contributed by atoms with Gasteiger partial charge in [0, 0.05) is 5.54 Å². The molecule has 116 valence electrons. The van der Waals surface area contributed by atoms with Crippen LogP contribution in [0.4, 0.5) is 0 Å². The summed E-state index contributed by atoms with van der Waals surface area (Å²) in [6, 6.07) is 7.45. The number of rotatable bonds is 5. The normalized spacial score (nSPS) is 12.4. The molecule has 0 radical (unpaired) electrons. The van der Waals surface area contributed by atoms with Crippen LogP contribution in [-0.4, -0.2) is 30.0 Å². The summed E-state index contributed by atoms with van der Waals surface area (Å²) in [5.41, 5.74) is 0.810. The second-order valence-corrected chi connectivity index (χ2v) is 6.09. The fourth-order valence-corrected chi connectivity index (χ4v) is 1.65. The smallest absolute Gasteiger partial charge is 0.261 e. The molecule has 1 unspecified atom stereocenters. The second-order valence-electron chi connectivity index (χ2n) is 6.09. The van der Waals surface area contributed by atoms with Crippen molar-refractivity contribution < 1.29 is 14.3 Å². The summed E-state index contributed by atoms with van der Waals surface area (Å²) in [7, 11) is 0. The molecule has 1 rings (SSSR count). The number of amides is 2. The van der Waals surface area contributed by atoms with Crippen LogP contribution in [0.3, 0.4) is 0 Å². The predicted molar refractivity (Wildman–Crippen MR) is 82.2 cm³/mol. The molecule has 0 aromatic heterocycles. The van der Waals surface area contributed by atoms with Crippen LogP contribution < -0.4 is 15.4 Å². The first-order valence-electron chi connectivity index (χ1n) is 6.99. The van der Waals surface area contributed by atoms with Crippen LogP contribution in [0.2, 0.25) is 0 Å². The van der Waals surface area contributed by atoms with Gasteiger partial charge in [0.15, 0.2) is 6.10 Å². The van der Waals surface area contributed by atoms with Crippen molar-refractivity contribution in [3.05, 3.63) is 29.8 Å². The van der Waals surface area contributed by atoms with E-state index in [4.69, 9.17) is 4.74 Å². The largest absolute Gasteiger partial charge is 0.481 e. The first kappa shape index (κ1) is 17.0. The maximum Gasteiger partial charge on any atom is 0.261 e. The van der Waals surface area contributed by atoms with Crippen molar-refractivity contribution in [2.75, 3.05) is 6.54 Å². The van der Waals surface area contributed by atoms with Crippen molar-refractivity contribution in [2.45, 2.75) is 46.3 Å². The number of nitrogens with one attached hydrogen (secondary N) is 2. The van der Waals surface area contributed by atoms with Crippen molar-refractivity contribution in [2.24, 2.45) is 0 Å². The van der Waals surface area contributed by atoms with Crippen molar-refractivity contribution in [3.63, 3.8) is 0 Å². The van der Waals surface area contributed by atoms with E-state index in [0.29, 0.717) is 5.75 Å². The third-order valence-corrected chi connectivity index (χ3v) is 2.64. The average Bonchev–Trinajstić information content (AvgIpc) is 2.36. The van der Waals surface area contributed by atoms with E-state index in [9.17, 15) is 9.59 Å². The monoisotopic (exact) mass is 292 g/mol. The summed E-state index contributed by atoms with van der Waals surface area (Å²) in [4.78, 5) is 23.5. The number of benzene rings is 1. The molecule has 0 bridgehead atoms. The van der Waals surface area contributed by atoms with Gasteiger partial charge in [-0.1, -0.05) is 17.7 Å². The topological polar surface area (TPSA) is 67.4 Å². The van der Waals surface area contributed by atoms with Crippen molar-refractivity contribution >= 4 is 11.8 Å². The molecule has 0 saturated carbocycles. The molecule has 1 atom stereocenters. The van der Waals surface area contributed by atoms with Crippen LogP contribution in [0.1, 0.15) is 33.3 Å². The van der Waals surface area contributed by atoms with Gasteiger partial charge in [-0.15, -0.1) is 0 Å². The van der Waals surface area contributed by atoms with Gasteiger partial charge in [0.2, 0.25) is 5.91 Å². The maximum atomic E-state index is 11.9. The number of hydrogen-bond donors (Lipinski definition) is 2. The number of ether oxygens (including phenoxy) is 1. The zero-order chi connectivity index (χ0) is 16.0. The van der Waals surface area contributed by atoms with Gasteiger partial charge < -0.3 is 15.4 Å². The number of carbonyl (C=O) groups is 2. The fourth-order valence-electron chi connectivity index (χ4n) is 1.65. The highest BCUT2D eigenvalue weighted by molar-refractivity contribution is 5.87. The summed E-state index contributed by atoms with van der Waals surface area (Å²) in [6.07, 6.45) is -0.657. The number of carbonyl (C=O) groups excluding carboxylic acids is 2. The first-order chi connectivity index (χ1) is 9.67. The lowest BCUT2D eigenvalue weighted by atomic mass is 10.1. The van der Waals surface area contributed by atoms with Gasteiger partial charge in [0.1, 0.15) is 5.75 Å². The molecule has 0 fully saturated rings. The molecule has 2 amide bonds. The van der Waals surface area contributed by atoms with Gasteiger partial charge >= 0.3 is 0 Å². The second kappa shape index (κ2) is 7.11. The standard InChI is InChI=1S/C16H24N2O3/c1-11-6-8-13(9-7-11)21-12(2)15(20)17-10-14(19)18-16(3,4)5/h6-9,12H,10H2,1-5H3,(H,17,20)(H,18,19). The van der Waals surface area contributed by atoms with Crippen molar-refractivity contribution in [1.82, 2.24) is 10.6 Å². The third-order valence-electron chi connectivity index (χ3n) is 2.64. The van der Waals surface area contributed by atoms with Gasteiger partial charge in [-0.05, 0) is 46.8 Å². The summed E-state index contributed by atoms with van der Waals surface area (Å²) in [5, 5.41) is 5.34. The molecule has 1 aromatic rings. The van der Waals surface area contributed by atoms with Gasteiger partial charge in [0.05, 0.1) is 6.54 Å². The summed E-state index contributed by atoms with van der Waals surface area (Å²) in [5.74, 6) is 0.0837. The SMILES string of the molecule is Cc1ccc(OC(C)C(=O)NCC(=O)NC(C)(C)C)cc1. The minimum atomic E-state index is -0.657. The van der Waals surface area contributed by atoms with E-state index >= 15 is 0 Å². The highest BCUT2D eigenvalue weighted by Crippen LogP contribution is 2.13. The predicted octanol–water partition coefficient (Wildman–Crippen LogP) is 1.79. The van der Waals surface area contributed by atoms with Crippen molar-refractivity contribution in [1.29, 1.82) is 0 Å². The Hall–Kier alpha value is -2.04. The molecular formula is C16H24N2O3. The average molecular weight is 292 g/mol. The molecule has 0 aliphatic carbocycles. The minimum absolute atomic E-state index is 0.0578. The molecule has 21 heavy (non-hydrogen) atoms. The Morgan fingerprint density at radius 3 is 2.29 bits per heavy atom. The molecular weight excluding hydrogens is 268 g/mol. The quantitative estimate of drug-likeness (QED) is 0.869. The first-order valence-corrected chi connectivity index (χ1v) is 6.99. The Morgan fingerprint density at radius 2 is 1.76 bits per heavy atom. The molecule has 0 spiro atoms. The number of hydrogen-bond acceptors (Lipinski definition) is 3. The molecule has 0 aliphatic heterocycles. The Labute approximate surface area is 126 Å². The van der Waals surface area contributed by atoms with Gasteiger partial charge in [-0.3, -0.25) is 9.59 Å². The zero-order valence-corrected chi connectivity index (χ0v) is 13.3. The van der Waals surface area contributed by atoms with Crippen LogP contribution >= 0.6 is 0 Å². The minimum Gasteiger partial charge on any atom is -0.481 e. The zero-order valence-electron chi connectivity index (χ0n) is 13.3. The molecule has 0 heterocycles.